The predicted molar refractivity (Wildman–Crippen MR) is 174 cm³/mol. The van der Waals surface area contributed by atoms with Crippen LogP contribution in [0.4, 0.5) is 11.4 Å². The van der Waals surface area contributed by atoms with Gasteiger partial charge in [-0.1, -0.05) is 73.2 Å². The number of aryl methyl sites for hydroxylation is 1. The highest BCUT2D eigenvalue weighted by molar-refractivity contribution is 8.00. The lowest BCUT2D eigenvalue weighted by Gasteiger charge is -2.17. The topological polar surface area (TPSA) is 114 Å². The summed E-state index contributed by atoms with van der Waals surface area (Å²) in [6.07, 6.45) is 2.15. The van der Waals surface area contributed by atoms with Crippen LogP contribution in [-0.4, -0.2) is 36.1 Å². The van der Waals surface area contributed by atoms with E-state index in [4.69, 9.17) is 4.74 Å². The van der Waals surface area contributed by atoms with Gasteiger partial charge in [0.15, 0.2) is 0 Å². The molecule has 0 aliphatic rings. The van der Waals surface area contributed by atoms with Crippen LogP contribution in [0.25, 0.3) is 6.08 Å². The number of ether oxygens (including phenoxy) is 1. The van der Waals surface area contributed by atoms with Crippen molar-refractivity contribution >= 4 is 52.9 Å². The Morgan fingerprint density at radius 3 is 2.30 bits per heavy atom. The van der Waals surface area contributed by atoms with E-state index in [0.717, 1.165) is 16.0 Å². The van der Waals surface area contributed by atoms with Gasteiger partial charge in [-0.3, -0.25) is 14.4 Å². The van der Waals surface area contributed by atoms with Gasteiger partial charge in [-0.15, -0.1) is 11.8 Å². The van der Waals surface area contributed by atoms with Crippen LogP contribution in [0.1, 0.15) is 45.2 Å². The molecule has 1 atom stereocenters. The van der Waals surface area contributed by atoms with Crippen LogP contribution >= 0.6 is 11.8 Å². The molecule has 4 aromatic rings. The highest BCUT2D eigenvalue weighted by atomic mass is 32.2. The van der Waals surface area contributed by atoms with Crippen LogP contribution in [0.3, 0.4) is 0 Å². The van der Waals surface area contributed by atoms with Crippen molar-refractivity contribution < 1.29 is 23.9 Å². The van der Waals surface area contributed by atoms with Crippen LogP contribution in [0, 0.1) is 6.92 Å². The number of rotatable bonds is 11. The number of hydrogen-bond acceptors (Lipinski definition) is 6. The monoisotopic (exact) mass is 607 g/mol. The molecule has 8 nitrogen and oxygen atoms in total. The standard InChI is InChI=1S/C35H33N3O5S/c1-4-31(34(41)37-29-19-9-8-18-28(29)35(42)43-3)44-27-17-11-16-26(22-27)36-33(40)30(21-24-13-10-12-23(2)20-24)38-32(39)25-14-6-5-7-15-25/h5-22,31H,4H2,1-3H3,(H,36,40)(H,37,41)(H,38,39)/b30-21+. The van der Waals surface area contributed by atoms with Crippen molar-refractivity contribution in [2.24, 2.45) is 0 Å². The number of para-hydroxylation sites is 1. The normalized spacial score (nSPS) is 11.7. The first-order chi connectivity index (χ1) is 21.3. The summed E-state index contributed by atoms with van der Waals surface area (Å²) >= 11 is 1.33. The number of anilines is 2. The average molecular weight is 608 g/mol. The van der Waals surface area contributed by atoms with Crippen molar-refractivity contribution in [3.8, 4) is 0 Å². The molecule has 44 heavy (non-hydrogen) atoms. The van der Waals surface area contributed by atoms with Crippen LogP contribution in [0.15, 0.2) is 114 Å². The molecule has 0 fully saturated rings. The predicted octanol–water partition coefficient (Wildman–Crippen LogP) is 6.70. The van der Waals surface area contributed by atoms with Gasteiger partial charge in [-0.2, -0.15) is 0 Å². The number of carbonyl (C=O) groups is 4. The van der Waals surface area contributed by atoms with E-state index >= 15 is 0 Å². The van der Waals surface area contributed by atoms with Gasteiger partial charge in [0.05, 0.1) is 23.6 Å². The van der Waals surface area contributed by atoms with Crippen molar-refractivity contribution in [1.82, 2.24) is 5.32 Å². The summed E-state index contributed by atoms with van der Waals surface area (Å²) in [5.41, 5.74) is 3.41. The Balaban J connectivity index is 1.50. The molecule has 0 aliphatic heterocycles. The molecule has 1 unspecified atom stereocenters. The van der Waals surface area contributed by atoms with E-state index < -0.39 is 23.0 Å². The van der Waals surface area contributed by atoms with Crippen molar-refractivity contribution in [2.45, 2.75) is 30.4 Å². The molecule has 224 valence electrons. The first kappa shape index (κ1) is 31.8. The smallest absolute Gasteiger partial charge is 0.339 e. The van der Waals surface area contributed by atoms with Crippen molar-refractivity contribution in [2.75, 3.05) is 17.7 Å². The number of carbonyl (C=O) groups excluding carboxylic acids is 4. The van der Waals surface area contributed by atoms with Gasteiger partial charge in [0, 0.05) is 16.1 Å². The molecular formula is C35H33N3O5S. The summed E-state index contributed by atoms with van der Waals surface area (Å²) in [5, 5.41) is 7.99. The fraction of sp³-hybridized carbons (Fsp3) is 0.143. The quantitative estimate of drug-likeness (QED) is 0.0994. The van der Waals surface area contributed by atoms with Gasteiger partial charge in [-0.25, -0.2) is 4.79 Å². The minimum Gasteiger partial charge on any atom is -0.465 e. The van der Waals surface area contributed by atoms with Crippen LogP contribution in [-0.2, 0) is 14.3 Å². The second kappa shape index (κ2) is 15.4. The van der Waals surface area contributed by atoms with E-state index in [1.807, 2.05) is 50.2 Å². The zero-order chi connectivity index (χ0) is 31.5. The highest BCUT2D eigenvalue weighted by Crippen LogP contribution is 2.29. The first-order valence-electron chi connectivity index (χ1n) is 14.0. The molecule has 0 bridgehead atoms. The number of hydrogen-bond donors (Lipinski definition) is 3. The summed E-state index contributed by atoms with van der Waals surface area (Å²) in [6, 6.07) is 30.1. The molecule has 0 radical (unpaired) electrons. The van der Waals surface area contributed by atoms with Gasteiger partial charge in [0.25, 0.3) is 11.8 Å². The minimum absolute atomic E-state index is 0.0811. The maximum Gasteiger partial charge on any atom is 0.339 e. The molecule has 0 aromatic heterocycles. The lowest BCUT2D eigenvalue weighted by Crippen LogP contribution is -2.30. The van der Waals surface area contributed by atoms with E-state index in [-0.39, 0.29) is 17.2 Å². The average Bonchev–Trinajstić information content (AvgIpc) is 3.03. The molecular weight excluding hydrogens is 574 g/mol. The Hall–Kier alpha value is -5.15. The second-order valence-electron chi connectivity index (χ2n) is 9.82. The van der Waals surface area contributed by atoms with Crippen molar-refractivity contribution in [3.63, 3.8) is 0 Å². The molecule has 0 saturated heterocycles. The number of thioether (sulfide) groups is 1. The summed E-state index contributed by atoms with van der Waals surface area (Å²) in [5.74, 6) is -1.72. The number of amides is 3. The maximum atomic E-state index is 13.5. The molecule has 0 saturated carbocycles. The van der Waals surface area contributed by atoms with Gasteiger partial charge >= 0.3 is 5.97 Å². The van der Waals surface area contributed by atoms with E-state index in [1.165, 1.54) is 18.9 Å². The summed E-state index contributed by atoms with van der Waals surface area (Å²) in [6.45, 7) is 3.84. The Kier molecular flexibility index (Phi) is 11.1. The number of methoxy groups -OCH3 is 1. The maximum absolute atomic E-state index is 13.5. The van der Waals surface area contributed by atoms with Gasteiger partial charge in [0.2, 0.25) is 5.91 Å². The highest BCUT2D eigenvalue weighted by Gasteiger charge is 2.21. The fourth-order valence-electron chi connectivity index (χ4n) is 4.29. The van der Waals surface area contributed by atoms with Crippen LogP contribution in [0.2, 0.25) is 0 Å². The molecule has 3 amide bonds. The second-order valence-corrected chi connectivity index (χ2v) is 11.1. The third-order valence-electron chi connectivity index (χ3n) is 6.51. The first-order valence-corrected chi connectivity index (χ1v) is 14.9. The molecule has 4 rings (SSSR count). The molecule has 0 spiro atoms. The molecule has 3 N–H and O–H groups in total. The third-order valence-corrected chi connectivity index (χ3v) is 7.86. The van der Waals surface area contributed by atoms with Crippen LogP contribution < -0.4 is 16.0 Å². The van der Waals surface area contributed by atoms with Crippen molar-refractivity contribution in [3.05, 3.63) is 131 Å². The Labute approximate surface area is 260 Å². The fourth-order valence-corrected chi connectivity index (χ4v) is 5.31. The summed E-state index contributed by atoms with van der Waals surface area (Å²) < 4.78 is 4.83. The number of benzene rings is 4. The van der Waals surface area contributed by atoms with E-state index in [0.29, 0.717) is 23.4 Å². The van der Waals surface area contributed by atoms with Crippen molar-refractivity contribution in [1.29, 1.82) is 0 Å². The van der Waals surface area contributed by atoms with E-state index in [1.54, 1.807) is 72.8 Å². The zero-order valence-corrected chi connectivity index (χ0v) is 25.4. The largest absolute Gasteiger partial charge is 0.465 e. The van der Waals surface area contributed by atoms with Gasteiger partial charge < -0.3 is 20.7 Å². The molecule has 4 aromatic carbocycles. The summed E-state index contributed by atoms with van der Waals surface area (Å²) in [7, 11) is 1.29. The Morgan fingerprint density at radius 2 is 1.57 bits per heavy atom. The number of nitrogens with one attached hydrogen (secondary N) is 3. The SMILES string of the molecule is CCC(Sc1cccc(NC(=O)/C(=C\c2cccc(C)c2)NC(=O)c2ccccc2)c1)C(=O)Nc1ccccc1C(=O)OC. The molecule has 9 heteroatoms. The Morgan fingerprint density at radius 1 is 0.841 bits per heavy atom. The van der Waals surface area contributed by atoms with Crippen LogP contribution in [0.5, 0.6) is 0 Å². The molecule has 0 aliphatic carbocycles. The lowest BCUT2D eigenvalue weighted by atomic mass is 10.1. The Bertz CT molecular complexity index is 1690. The van der Waals surface area contributed by atoms with Gasteiger partial charge in [0.1, 0.15) is 5.70 Å². The van der Waals surface area contributed by atoms with Gasteiger partial charge in [-0.05, 0) is 67.4 Å². The zero-order valence-electron chi connectivity index (χ0n) is 24.6. The third kappa shape index (κ3) is 8.68. The van der Waals surface area contributed by atoms with E-state index in [2.05, 4.69) is 16.0 Å². The minimum atomic E-state index is -0.541. The lowest BCUT2D eigenvalue weighted by molar-refractivity contribution is -0.116. The summed E-state index contributed by atoms with van der Waals surface area (Å²) in [4.78, 5) is 52.5. The molecule has 0 heterocycles. The number of esters is 1. The van der Waals surface area contributed by atoms with E-state index in [9.17, 15) is 19.2 Å².